The molecule has 0 aliphatic rings. The summed E-state index contributed by atoms with van der Waals surface area (Å²) >= 11 is 0. The lowest BCUT2D eigenvalue weighted by atomic mass is 10.2. The smallest absolute Gasteiger partial charge is 0.251 e. The number of anilines is 1. The minimum absolute atomic E-state index is 0.0959. The predicted octanol–water partition coefficient (Wildman–Crippen LogP) is 1.84. The molecule has 0 radical (unpaired) electrons. The number of halogens is 1. The molecule has 1 heterocycles. The van der Waals surface area contributed by atoms with Gasteiger partial charge in [0.2, 0.25) is 15.9 Å². The Balaban J connectivity index is 1.60. The van der Waals surface area contributed by atoms with Gasteiger partial charge in [-0.25, -0.2) is 22.2 Å². The standard InChI is InChI=1S/C21H20FN5O4S/c1-2-10-25-32(30,31)19-13-15(4-9-18(19)22)21(29)23-14-20(28)26-16-5-7-17(8-6-16)27-12-3-11-24-27/h2-9,11-13,25H,1,10,14H2,(H,23,29)(H,26,28). The third kappa shape index (κ3) is 5.65. The van der Waals surface area contributed by atoms with E-state index < -0.39 is 32.6 Å². The summed E-state index contributed by atoms with van der Waals surface area (Å²) in [4.78, 5) is 23.8. The maximum absolute atomic E-state index is 14.0. The summed E-state index contributed by atoms with van der Waals surface area (Å²) in [6.45, 7) is 2.92. The fourth-order valence-electron chi connectivity index (χ4n) is 2.68. The quantitative estimate of drug-likeness (QED) is 0.423. The zero-order valence-electron chi connectivity index (χ0n) is 16.8. The van der Waals surface area contributed by atoms with E-state index in [-0.39, 0.29) is 18.7 Å². The number of hydrogen-bond acceptors (Lipinski definition) is 5. The van der Waals surface area contributed by atoms with Crippen LogP contribution in [0, 0.1) is 5.82 Å². The molecular formula is C21H20FN5O4S. The average Bonchev–Trinajstić information content (AvgIpc) is 3.32. The maximum Gasteiger partial charge on any atom is 0.251 e. The molecule has 9 nitrogen and oxygen atoms in total. The number of sulfonamides is 1. The molecule has 11 heteroatoms. The zero-order valence-corrected chi connectivity index (χ0v) is 17.6. The number of rotatable bonds is 9. The van der Waals surface area contributed by atoms with E-state index in [9.17, 15) is 22.4 Å². The first-order chi connectivity index (χ1) is 15.3. The Labute approximate surface area is 184 Å². The Bertz CT molecular complexity index is 1230. The molecule has 0 saturated heterocycles. The van der Waals surface area contributed by atoms with Gasteiger partial charge in [-0.05, 0) is 48.5 Å². The second-order valence-electron chi connectivity index (χ2n) is 6.51. The van der Waals surface area contributed by atoms with Crippen LogP contribution in [0.1, 0.15) is 10.4 Å². The van der Waals surface area contributed by atoms with Gasteiger partial charge in [-0.15, -0.1) is 6.58 Å². The first-order valence-electron chi connectivity index (χ1n) is 9.38. The number of aromatic nitrogens is 2. The molecule has 166 valence electrons. The predicted molar refractivity (Wildman–Crippen MR) is 116 cm³/mol. The van der Waals surface area contributed by atoms with E-state index in [0.717, 1.165) is 23.9 Å². The SMILES string of the molecule is C=CCNS(=O)(=O)c1cc(C(=O)NCC(=O)Nc2ccc(-n3cccn3)cc2)ccc1F. The summed E-state index contributed by atoms with van der Waals surface area (Å²) in [6.07, 6.45) is 4.73. The van der Waals surface area contributed by atoms with Crippen molar-refractivity contribution in [3.63, 3.8) is 0 Å². The van der Waals surface area contributed by atoms with E-state index in [4.69, 9.17) is 0 Å². The number of benzene rings is 2. The van der Waals surface area contributed by atoms with Crippen LogP contribution in [0.15, 0.2) is 78.5 Å². The van der Waals surface area contributed by atoms with Gasteiger partial charge >= 0.3 is 0 Å². The largest absolute Gasteiger partial charge is 0.343 e. The topological polar surface area (TPSA) is 122 Å². The molecule has 3 N–H and O–H groups in total. The zero-order chi connectivity index (χ0) is 23.1. The molecule has 3 rings (SSSR count). The van der Waals surface area contributed by atoms with Gasteiger partial charge in [0.1, 0.15) is 10.7 Å². The summed E-state index contributed by atoms with van der Waals surface area (Å²) < 4.78 is 42.1. The van der Waals surface area contributed by atoms with Gasteiger partial charge in [-0.1, -0.05) is 6.08 Å². The Morgan fingerprint density at radius 3 is 2.56 bits per heavy atom. The average molecular weight is 457 g/mol. The molecule has 0 fully saturated rings. The van der Waals surface area contributed by atoms with Crippen molar-refractivity contribution in [2.45, 2.75) is 4.90 Å². The molecule has 0 spiro atoms. The van der Waals surface area contributed by atoms with Crippen LogP contribution < -0.4 is 15.4 Å². The van der Waals surface area contributed by atoms with E-state index in [2.05, 4.69) is 27.0 Å². The van der Waals surface area contributed by atoms with Crippen LogP contribution in [0.25, 0.3) is 5.69 Å². The highest BCUT2D eigenvalue weighted by atomic mass is 32.2. The van der Waals surface area contributed by atoms with Crippen LogP contribution in [0.3, 0.4) is 0 Å². The number of nitrogens with zero attached hydrogens (tertiary/aromatic N) is 2. The van der Waals surface area contributed by atoms with Crippen molar-refractivity contribution >= 4 is 27.5 Å². The Hall–Kier alpha value is -3.83. The molecule has 2 amide bonds. The molecule has 2 aromatic carbocycles. The lowest BCUT2D eigenvalue weighted by Crippen LogP contribution is -2.33. The minimum Gasteiger partial charge on any atom is -0.343 e. The van der Waals surface area contributed by atoms with Crippen LogP contribution in [-0.2, 0) is 14.8 Å². The van der Waals surface area contributed by atoms with Crippen molar-refractivity contribution in [1.29, 1.82) is 0 Å². The third-order valence-electron chi connectivity index (χ3n) is 4.23. The highest BCUT2D eigenvalue weighted by molar-refractivity contribution is 7.89. The van der Waals surface area contributed by atoms with Crippen LogP contribution in [-0.4, -0.2) is 43.1 Å². The van der Waals surface area contributed by atoms with Gasteiger partial charge in [0.25, 0.3) is 5.91 Å². The van der Waals surface area contributed by atoms with Crippen molar-refractivity contribution in [2.75, 3.05) is 18.4 Å². The van der Waals surface area contributed by atoms with Crippen LogP contribution in [0.4, 0.5) is 10.1 Å². The summed E-state index contributed by atoms with van der Waals surface area (Å²) in [5.41, 5.74) is 1.22. The molecular weight excluding hydrogens is 437 g/mol. The summed E-state index contributed by atoms with van der Waals surface area (Å²) in [5, 5.41) is 9.11. The fraction of sp³-hybridized carbons (Fsp3) is 0.0952. The molecule has 32 heavy (non-hydrogen) atoms. The fourth-order valence-corrected chi connectivity index (χ4v) is 3.78. The second kappa shape index (κ2) is 9.98. The Morgan fingerprint density at radius 1 is 1.16 bits per heavy atom. The number of hydrogen-bond donors (Lipinski definition) is 3. The normalized spacial score (nSPS) is 11.0. The van der Waals surface area contributed by atoms with Crippen molar-refractivity contribution in [2.24, 2.45) is 0 Å². The number of carbonyl (C=O) groups is 2. The molecule has 3 aromatic rings. The molecule has 0 saturated carbocycles. The maximum atomic E-state index is 14.0. The van der Waals surface area contributed by atoms with Crippen LogP contribution in [0.5, 0.6) is 0 Å². The lowest BCUT2D eigenvalue weighted by Gasteiger charge is -2.10. The van der Waals surface area contributed by atoms with Gasteiger partial charge in [-0.2, -0.15) is 5.10 Å². The first-order valence-corrected chi connectivity index (χ1v) is 10.9. The van der Waals surface area contributed by atoms with Crippen molar-refractivity contribution < 1.29 is 22.4 Å². The molecule has 1 aromatic heterocycles. The van der Waals surface area contributed by atoms with Gasteiger partial charge < -0.3 is 10.6 Å². The lowest BCUT2D eigenvalue weighted by molar-refractivity contribution is -0.115. The van der Waals surface area contributed by atoms with Gasteiger partial charge in [-0.3, -0.25) is 9.59 Å². The Kier molecular flexibility index (Phi) is 7.13. The van der Waals surface area contributed by atoms with Gasteiger partial charge in [0, 0.05) is 30.2 Å². The highest BCUT2D eigenvalue weighted by Gasteiger charge is 2.20. The van der Waals surface area contributed by atoms with Crippen LogP contribution >= 0.6 is 0 Å². The summed E-state index contributed by atoms with van der Waals surface area (Å²) in [6, 6.07) is 11.6. The summed E-state index contributed by atoms with van der Waals surface area (Å²) in [7, 11) is -4.16. The highest BCUT2D eigenvalue weighted by Crippen LogP contribution is 2.16. The molecule has 0 unspecified atom stereocenters. The van der Waals surface area contributed by atoms with Crippen molar-refractivity contribution in [3.05, 3.63) is 85.0 Å². The van der Waals surface area contributed by atoms with E-state index in [1.165, 1.54) is 6.08 Å². The number of amides is 2. The molecule has 0 aliphatic carbocycles. The third-order valence-corrected chi connectivity index (χ3v) is 5.67. The van der Waals surface area contributed by atoms with E-state index in [1.807, 2.05) is 0 Å². The second-order valence-corrected chi connectivity index (χ2v) is 8.25. The van der Waals surface area contributed by atoms with E-state index >= 15 is 0 Å². The first kappa shape index (κ1) is 22.8. The van der Waals surface area contributed by atoms with E-state index in [1.54, 1.807) is 47.4 Å². The minimum atomic E-state index is -4.16. The Morgan fingerprint density at radius 2 is 1.91 bits per heavy atom. The molecule has 0 atom stereocenters. The number of carbonyl (C=O) groups excluding carboxylic acids is 2. The van der Waals surface area contributed by atoms with Gasteiger partial charge in [0.15, 0.2) is 0 Å². The number of nitrogens with one attached hydrogen (secondary N) is 3. The van der Waals surface area contributed by atoms with Crippen molar-refractivity contribution in [1.82, 2.24) is 19.8 Å². The van der Waals surface area contributed by atoms with Gasteiger partial charge in [0.05, 0.1) is 12.2 Å². The molecule has 0 aliphatic heterocycles. The molecule has 0 bridgehead atoms. The monoisotopic (exact) mass is 457 g/mol. The van der Waals surface area contributed by atoms with Crippen LogP contribution in [0.2, 0.25) is 0 Å². The summed E-state index contributed by atoms with van der Waals surface area (Å²) in [5.74, 6) is -2.23. The van der Waals surface area contributed by atoms with Crippen molar-refractivity contribution in [3.8, 4) is 5.69 Å². The van der Waals surface area contributed by atoms with E-state index in [0.29, 0.717) is 5.69 Å².